The molecule has 2 heterocycles. The molecule has 0 spiro atoms. The average molecular weight is 450 g/mol. The molecule has 2 atom stereocenters. The zero-order valence-electron chi connectivity index (χ0n) is 15.5. The van der Waals surface area contributed by atoms with Gasteiger partial charge in [-0.25, -0.2) is 0 Å². The van der Waals surface area contributed by atoms with E-state index >= 15 is 0 Å². The second-order valence-corrected chi connectivity index (χ2v) is 10.5. The van der Waals surface area contributed by atoms with Gasteiger partial charge in [0.15, 0.2) is 11.5 Å². The zero-order valence-corrected chi connectivity index (χ0v) is 17.1. The number of benzene rings is 1. The van der Waals surface area contributed by atoms with Gasteiger partial charge < -0.3 is 14.8 Å². The number of carbonyl (C=O) groups is 1. The van der Waals surface area contributed by atoms with Gasteiger partial charge in [-0.3, -0.25) is 13.9 Å². The number of nitrogens with one attached hydrogen (secondary N) is 1. The highest BCUT2D eigenvalue weighted by Gasteiger charge is 2.37. The maximum absolute atomic E-state index is 12.5. The fourth-order valence-electron chi connectivity index (χ4n) is 3.63. The van der Waals surface area contributed by atoms with Crippen molar-refractivity contribution in [3.05, 3.63) is 23.8 Å². The molecular formula is C17H23NO9S2. The van der Waals surface area contributed by atoms with E-state index < -0.39 is 43.6 Å². The SMILES string of the molecule is O=C(CC(CC(c1ccc2c(c1)OCO2)S(=O)(=O)O)S(=O)(=O)O)C1CCNCC1. The van der Waals surface area contributed by atoms with Gasteiger partial charge in [0.25, 0.3) is 20.2 Å². The molecule has 0 bridgehead atoms. The van der Waals surface area contributed by atoms with Gasteiger partial charge in [-0.1, -0.05) is 6.07 Å². The molecular weight excluding hydrogens is 426 g/mol. The summed E-state index contributed by atoms with van der Waals surface area (Å²) >= 11 is 0. The van der Waals surface area contributed by atoms with E-state index in [2.05, 4.69) is 5.32 Å². The smallest absolute Gasteiger partial charge is 0.272 e. The van der Waals surface area contributed by atoms with Crippen LogP contribution in [0, 0.1) is 5.92 Å². The van der Waals surface area contributed by atoms with Crippen LogP contribution in [0.15, 0.2) is 18.2 Å². The summed E-state index contributed by atoms with van der Waals surface area (Å²) in [5, 5.41) is -0.234. The minimum atomic E-state index is -4.74. The summed E-state index contributed by atoms with van der Waals surface area (Å²) in [5.74, 6) is -0.0651. The van der Waals surface area contributed by atoms with E-state index in [-0.39, 0.29) is 29.8 Å². The molecule has 2 aliphatic heterocycles. The molecule has 2 aliphatic rings. The van der Waals surface area contributed by atoms with Crippen LogP contribution in [0.25, 0.3) is 0 Å². The molecule has 0 radical (unpaired) electrons. The lowest BCUT2D eigenvalue weighted by atomic mass is 9.90. The topological polar surface area (TPSA) is 156 Å². The highest BCUT2D eigenvalue weighted by Crippen LogP contribution is 2.38. The summed E-state index contributed by atoms with van der Waals surface area (Å²) < 4.78 is 77.5. The van der Waals surface area contributed by atoms with Crippen LogP contribution < -0.4 is 14.8 Å². The molecule has 0 saturated carbocycles. The minimum absolute atomic E-state index is 0.0479. The predicted molar refractivity (Wildman–Crippen MR) is 102 cm³/mol. The van der Waals surface area contributed by atoms with Crippen LogP contribution in [0.2, 0.25) is 0 Å². The van der Waals surface area contributed by atoms with Crippen molar-refractivity contribution in [1.29, 1.82) is 0 Å². The maximum atomic E-state index is 12.5. The number of fused-ring (bicyclic) bond motifs is 1. The molecule has 162 valence electrons. The molecule has 1 fully saturated rings. The molecule has 10 nitrogen and oxygen atoms in total. The molecule has 1 saturated heterocycles. The van der Waals surface area contributed by atoms with Gasteiger partial charge >= 0.3 is 0 Å². The number of hydrogen-bond donors (Lipinski definition) is 3. The van der Waals surface area contributed by atoms with Gasteiger partial charge in [-0.2, -0.15) is 16.8 Å². The summed E-state index contributed by atoms with van der Waals surface area (Å²) in [6.45, 7) is 1.20. The quantitative estimate of drug-likeness (QED) is 0.488. The van der Waals surface area contributed by atoms with Crippen LogP contribution in [-0.2, 0) is 25.0 Å². The Morgan fingerprint density at radius 2 is 1.72 bits per heavy atom. The highest BCUT2D eigenvalue weighted by atomic mass is 32.2. The van der Waals surface area contributed by atoms with Gasteiger partial charge in [0.2, 0.25) is 6.79 Å². The summed E-state index contributed by atoms with van der Waals surface area (Å²) in [5.41, 5.74) is 0.0692. The first-order valence-corrected chi connectivity index (χ1v) is 12.1. The van der Waals surface area contributed by atoms with E-state index in [4.69, 9.17) is 9.47 Å². The fraction of sp³-hybridized carbons (Fsp3) is 0.588. The number of ether oxygens (including phenoxy) is 2. The van der Waals surface area contributed by atoms with Gasteiger partial charge in [0.05, 0.1) is 5.25 Å². The van der Waals surface area contributed by atoms with Gasteiger partial charge in [-0.15, -0.1) is 0 Å². The monoisotopic (exact) mass is 449 g/mol. The van der Waals surface area contributed by atoms with Gasteiger partial charge in [0, 0.05) is 12.3 Å². The number of hydrogen-bond acceptors (Lipinski definition) is 8. The molecule has 12 heteroatoms. The maximum Gasteiger partial charge on any atom is 0.272 e. The Morgan fingerprint density at radius 3 is 2.34 bits per heavy atom. The summed E-state index contributed by atoms with van der Waals surface area (Å²) in [6.07, 6.45) is -0.115. The minimum Gasteiger partial charge on any atom is -0.454 e. The van der Waals surface area contributed by atoms with Crippen LogP contribution in [-0.4, -0.2) is 56.9 Å². The first-order chi connectivity index (χ1) is 13.6. The molecule has 1 aromatic rings. The van der Waals surface area contributed by atoms with Crippen molar-refractivity contribution >= 4 is 26.0 Å². The molecule has 0 aliphatic carbocycles. The number of rotatable bonds is 8. The number of Topliss-reactive ketones (excluding diaryl/α,β-unsaturated/α-hetero) is 1. The molecule has 3 N–H and O–H groups in total. The van der Waals surface area contributed by atoms with Crippen LogP contribution in [0.1, 0.15) is 36.5 Å². The van der Waals surface area contributed by atoms with Crippen molar-refractivity contribution in [2.45, 2.75) is 36.2 Å². The third-order valence-electron chi connectivity index (χ3n) is 5.25. The van der Waals surface area contributed by atoms with E-state index in [1.165, 1.54) is 18.2 Å². The Hall–Kier alpha value is -1.73. The number of ketones is 1. The van der Waals surface area contributed by atoms with Crippen LogP contribution in [0.4, 0.5) is 0 Å². The van der Waals surface area contributed by atoms with E-state index in [9.17, 15) is 30.7 Å². The number of piperidine rings is 1. The van der Waals surface area contributed by atoms with Crippen molar-refractivity contribution in [2.75, 3.05) is 19.9 Å². The summed E-state index contributed by atoms with van der Waals surface area (Å²) in [6, 6.07) is 4.14. The highest BCUT2D eigenvalue weighted by molar-refractivity contribution is 7.87. The van der Waals surface area contributed by atoms with Crippen molar-refractivity contribution < 1.29 is 40.2 Å². The number of carbonyl (C=O) groups excluding carboxylic acids is 1. The van der Waals surface area contributed by atoms with E-state index in [1.54, 1.807) is 0 Å². The predicted octanol–water partition coefficient (Wildman–Crippen LogP) is 0.950. The Bertz CT molecular complexity index is 969. The standard InChI is InChI=1S/C17H23NO9S2/c19-14(11-3-5-18-6-4-11)8-13(28(20,21)22)9-17(29(23,24)25)12-1-2-15-16(7-12)27-10-26-15/h1-2,7,11,13,17-18H,3-6,8-10H2,(H,20,21,22)(H,23,24,25). The van der Waals surface area contributed by atoms with Crippen LogP contribution in [0.3, 0.4) is 0 Å². The largest absolute Gasteiger partial charge is 0.454 e. The Kier molecular flexibility index (Phi) is 6.48. The van der Waals surface area contributed by atoms with Crippen molar-refractivity contribution in [3.63, 3.8) is 0 Å². The van der Waals surface area contributed by atoms with E-state index in [0.29, 0.717) is 31.7 Å². The van der Waals surface area contributed by atoms with Crippen molar-refractivity contribution in [1.82, 2.24) is 5.32 Å². The Labute approximate surface area is 169 Å². The first-order valence-electron chi connectivity index (χ1n) is 9.11. The third kappa shape index (κ3) is 5.45. The molecule has 0 amide bonds. The van der Waals surface area contributed by atoms with Gasteiger partial charge in [0.1, 0.15) is 11.0 Å². The van der Waals surface area contributed by atoms with Crippen molar-refractivity contribution in [3.8, 4) is 11.5 Å². The Morgan fingerprint density at radius 1 is 1.07 bits per heavy atom. The lowest BCUT2D eigenvalue weighted by molar-refractivity contribution is -0.123. The zero-order chi connectivity index (χ0) is 21.2. The molecule has 29 heavy (non-hydrogen) atoms. The molecule has 0 aromatic heterocycles. The second-order valence-electron chi connectivity index (χ2n) is 7.18. The first kappa shape index (κ1) is 22.0. The van der Waals surface area contributed by atoms with E-state index in [1.807, 2.05) is 0 Å². The van der Waals surface area contributed by atoms with Crippen molar-refractivity contribution in [2.24, 2.45) is 5.92 Å². The average Bonchev–Trinajstić information content (AvgIpc) is 3.11. The molecule has 3 rings (SSSR count). The second kappa shape index (κ2) is 8.56. The Balaban J connectivity index is 1.85. The molecule has 1 aromatic carbocycles. The lowest BCUT2D eigenvalue weighted by Crippen LogP contribution is -2.35. The normalized spacial score (nSPS) is 19.7. The molecule has 2 unspecified atom stereocenters. The summed E-state index contributed by atoms with van der Waals surface area (Å²) in [7, 11) is -9.49. The van der Waals surface area contributed by atoms with Gasteiger partial charge in [-0.05, 0) is 50.0 Å². The lowest BCUT2D eigenvalue weighted by Gasteiger charge is -2.24. The summed E-state index contributed by atoms with van der Waals surface area (Å²) in [4.78, 5) is 12.5. The van der Waals surface area contributed by atoms with E-state index in [0.717, 1.165) is 0 Å². The third-order valence-corrected chi connectivity index (χ3v) is 7.63. The van der Waals surface area contributed by atoms with Crippen LogP contribution in [0.5, 0.6) is 11.5 Å². The fourth-order valence-corrected chi connectivity index (χ4v) is 5.53. The van der Waals surface area contributed by atoms with Crippen LogP contribution >= 0.6 is 0 Å².